The number of rotatable bonds is 4. The summed E-state index contributed by atoms with van der Waals surface area (Å²) in [6, 6.07) is 3.34. The molecule has 0 bridgehead atoms. The summed E-state index contributed by atoms with van der Waals surface area (Å²) in [6.45, 7) is 2.17. The van der Waals surface area contributed by atoms with Crippen molar-refractivity contribution in [3.63, 3.8) is 0 Å². The maximum absolute atomic E-state index is 12.6. The van der Waals surface area contributed by atoms with Crippen molar-refractivity contribution < 1.29 is 18.1 Å². The third kappa shape index (κ3) is 3.90. The van der Waals surface area contributed by atoms with Crippen LogP contribution in [0, 0.1) is 16.0 Å². The minimum atomic E-state index is -4.23. The number of nitro benzene ring substituents is 1. The van der Waals surface area contributed by atoms with Crippen LogP contribution in [0.1, 0.15) is 43.0 Å². The van der Waals surface area contributed by atoms with Gasteiger partial charge in [0.25, 0.3) is 11.6 Å². The van der Waals surface area contributed by atoms with Crippen molar-refractivity contribution in [2.45, 2.75) is 43.5 Å². The molecule has 1 fully saturated rings. The number of sulfonamides is 1. The lowest BCUT2D eigenvalue weighted by Crippen LogP contribution is -2.39. The van der Waals surface area contributed by atoms with E-state index < -0.39 is 25.5 Å². The molecule has 1 aromatic rings. The zero-order valence-electron chi connectivity index (χ0n) is 13.6. The van der Waals surface area contributed by atoms with Crippen molar-refractivity contribution in [2.75, 3.05) is 7.05 Å². The van der Waals surface area contributed by atoms with E-state index in [1.807, 2.05) is 0 Å². The fraction of sp³-hybridized carbons (Fsp3) is 0.533. The lowest BCUT2D eigenvalue weighted by molar-refractivity contribution is -0.387. The Morgan fingerprint density at radius 1 is 1.29 bits per heavy atom. The maximum atomic E-state index is 12.6. The molecule has 9 heteroatoms. The van der Waals surface area contributed by atoms with Gasteiger partial charge in [0.2, 0.25) is 10.0 Å². The van der Waals surface area contributed by atoms with Crippen LogP contribution in [0.15, 0.2) is 23.1 Å². The van der Waals surface area contributed by atoms with Crippen molar-refractivity contribution in [3.05, 3.63) is 33.9 Å². The Kier molecular flexibility index (Phi) is 5.24. The molecule has 132 valence electrons. The molecule has 1 aromatic carbocycles. The summed E-state index contributed by atoms with van der Waals surface area (Å²) in [5.74, 6) is 0.276. The van der Waals surface area contributed by atoms with E-state index in [-0.39, 0.29) is 17.5 Å². The van der Waals surface area contributed by atoms with Crippen LogP contribution in [0.25, 0.3) is 0 Å². The summed E-state index contributed by atoms with van der Waals surface area (Å²) < 4.78 is 22.9. The average Bonchev–Trinajstić information content (AvgIpc) is 2.52. The first-order chi connectivity index (χ1) is 11.1. The Labute approximate surface area is 140 Å². The van der Waals surface area contributed by atoms with Gasteiger partial charge in [0.1, 0.15) is 0 Å². The molecule has 0 saturated heterocycles. The normalized spacial score (nSPS) is 21.3. The molecule has 1 aliphatic carbocycles. The number of nitro groups is 1. The highest BCUT2D eigenvalue weighted by Gasteiger charge is 2.28. The van der Waals surface area contributed by atoms with Crippen molar-refractivity contribution in [1.29, 1.82) is 0 Å². The van der Waals surface area contributed by atoms with Gasteiger partial charge >= 0.3 is 0 Å². The highest BCUT2D eigenvalue weighted by molar-refractivity contribution is 7.89. The van der Waals surface area contributed by atoms with E-state index in [1.165, 1.54) is 6.07 Å². The smallest absolute Gasteiger partial charge is 0.290 e. The molecule has 0 unspecified atom stereocenters. The number of primary sulfonamides is 1. The van der Waals surface area contributed by atoms with Crippen molar-refractivity contribution >= 4 is 21.6 Å². The SMILES string of the molecule is CC1CCC(N(C)C(=O)c2ccc(S(N)(=O)=O)c([N+](=O)[O-])c2)CC1. The first-order valence-corrected chi connectivity index (χ1v) is 9.24. The van der Waals surface area contributed by atoms with Crippen LogP contribution in [-0.4, -0.2) is 37.2 Å². The van der Waals surface area contributed by atoms with Gasteiger partial charge in [-0.3, -0.25) is 14.9 Å². The van der Waals surface area contributed by atoms with Gasteiger partial charge in [0.05, 0.1) is 4.92 Å². The molecule has 8 nitrogen and oxygen atoms in total. The molecule has 0 aliphatic heterocycles. The van der Waals surface area contributed by atoms with Gasteiger partial charge in [-0.25, -0.2) is 13.6 Å². The van der Waals surface area contributed by atoms with E-state index >= 15 is 0 Å². The Morgan fingerprint density at radius 3 is 2.38 bits per heavy atom. The van der Waals surface area contributed by atoms with Crippen LogP contribution >= 0.6 is 0 Å². The third-order valence-corrected chi connectivity index (χ3v) is 5.52. The van der Waals surface area contributed by atoms with Crippen LogP contribution in [0.5, 0.6) is 0 Å². The minimum Gasteiger partial charge on any atom is -0.339 e. The zero-order valence-corrected chi connectivity index (χ0v) is 14.5. The predicted octanol–water partition coefficient (Wildman–Crippen LogP) is 1.89. The van der Waals surface area contributed by atoms with Crippen molar-refractivity contribution in [3.8, 4) is 0 Å². The summed E-state index contributed by atoms with van der Waals surface area (Å²) in [5, 5.41) is 16.1. The van der Waals surface area contributed by atoms with E-state index in [1.54, 1.807) is 11.9 Å². The molecule has 0 atom stereocenters. The van der Waals surface area contributed by atoms with Crippen LogP contribution in [0.4, 0.5) is 5.69 Å². The summed E-state index contributed by atoms with van der Waals surface area (Å²) in [4.78, 5) is 23.8. The van der Waals surface area contributed by atoms with Gasteiger partial charge in [-0.2, -0.15) is 0 Å². The minimum absolute atomic E-state index is 0.0789. The fourth-order valence-electron chi connectivity index (χ4n) is 3.03. The molecular weight excluding hydrogens is 334 g/mol. The highest BCUT2D eigenvalue weighted by atomic mass is 32.2. The molecule has 1 aliphatic rings. The standard InChI is InChI=1S/C15H21N3O5S/c1-10-3-6-12(7-4-10)17(2)15(19)11-5-8-14(24(16,22)23)13(9-11)18(20)21/h5,8-10,12H,3-4,6-7H2,1-2H3,(H2,16,22,23). The van der Waals surface area contributed by atoms with Crippen LogP contribution in [-0.2, 0) is 10.0 Å². The number of benzene rings is 1. The number of nitrogens with zero attached hydrogens (tertiary/aromatic N) is 2. The van der Waals surface area contributed by atoms with Gasteiger partial charge < -0.3 is 4.90 Å². The third-order valence-electron chi connectivity index (χ3n) is 4.56. The lowest BCUT2D eigenvalue weighted by atomic mass is 9.86. The largest absolute Gasteiger partial charge is 0.339 e. The van der Waals surface area contributed by atoms with Gasteiger partial charge in [-0.1, -0.05) is 6.92 Å². The first kappa shape index (κ1) is 18.3. The van der Waals surface area contributed by atoms with Crippen LogP contribution < -0.4 is 5.14 Å². The number of carbonyl (C=O) groups is 1. The predicted molar refractivity (Wildman–Crippen MR) is 88.0 cm³/mol. The summed E-state index contributed by atoms with van der Waals surface area (Å²) >= 11 is 0. The molecule has 0 radical (unpaired) electrons. The van der Waals surface area contributed by atoms with Gasteiger partial charge in [0.15, 0.2) is 4.90 Å². The lowest BCUT2D eigenvalue weighted by Gasteiger charge is -2.33. The summed E-state index contributed by atoms with van der Waals surface area (Å²) in [7, 11) is -2.57. The van der Waals surface area contributed by atoms with Crippen LogP contribution in [0.2, 0.25) is 0 Å². The number of nitrogens with two attached hydrogens (primary N) is 1. The maximum Gasteiger partial charge on any atom is 0.290 e. The first-order valence-electron chi connectivity index (χ1n) is 7.69. The Morgan fingerprint density at radius 2 is 1.88 bits per heavy atom. The number of amides is 1. The van der Waals surface area contributed by atoms with Gasteiger partial charge in [0, 0.05) is 24.7 Å². The van der Waals surface area contributed by atoms with Gasteiger partial charge in [-0.05, 0) is 43.7 Å². The highest BCUT2D eigenvalue weighted by Crippen LogP contribution is 2.29. The Hall–Kier alpha value is -2.00. The molecule has 0 heterocycles. The van der Waals surface area contributed by atoms with E-state index in [0.717, 1.165) is 37.8 Å². The number of hydrogen-bond acceptors (Lipinski definition) is 5. The molecule has 2 N–H and O–H groups in total. The van der Waals surface area contributed by atoms with E-state index in [9.17, 15) is 23.3 Å². The molecule has 0 aromatic heterocycles. The summed E-state index contributed by atoms with van der Waals surface area (Å²) in [6.07, 6.45) is 3.85. The molecule has 0 spiro atoms. The average molecular weight is 355 g/mol. The summed E-state index contributed by atoms with van der Waals surface area (Å²) in [5.41, 5.74) is -0.607. The van der Waals surface area contributed by atoms with Crippen molar-refractivity contribution in [2.24, 2.45) is 11.1 Å². The topological polar surface area (TPSA) is 124 Å². The Balaban J connectivity index is 2.30. The van der Waals surface area contributed by atoms with Crippen molar-refractivity contribution in [1.82, 2.24) is 4.90 Å². The molecule has 2 rings (SSSR count). The number of carbonyl (C=O) groups excluding carboxylic acids is 1. The quantitative estimate of drug-likeness (QED) is 0.652. The second kappa shape index (κ2) is 6.86. The molecular formula is C15H21N3O5S. The van der Waals surface area contributed by atoms with Crippen LogP contribution in [0.3, 0.4) is 0 Å². The van der Waals surface area contributed by atoms with Gasteiger partial charge in [-0.15, -0.1) is 0 Å². The Bertz CT molecular complexity index is 754. The monoisotopic (exact) mass is 355 g/mol. The molecule has 1 amide bonds. The van der Waals surface area contributed by atoms with E-state index in [0.29, 0.717) is 5.92 Å². The second-order valence-electron chi connectivity index (χ2n) is 6.31. The molecule has 24 heavy (non-hydrogen) atoms. The second-order valence-corrected chi connectivity index (χ2v) is 7.84. The molecule has 1 saturated carbocycles. The van der Waals surface area contributed by atoms with E-state index in [2.05, 4.69) is 6.92 Å². The fourth-order valence-corrected chi connectivity index (χ4v) is 3.72. The number of hydrogen-bond donors (Lipinski definition) is 1. The zero-order chi connectivity index (χ0) is 18.1. The van der Waals surface area contributed by atoms with E-state index in [4.69, 9.17) is 5.14 Å².